The third kappa shape index (κ3) is 5.87. The smallest absolute Gasteiger partial charge is 0.134 e. The van der Waals surface area contributed by atoms with Gasteiger partial charge in [-0.1, -0.05) is 20.8 Å². The third-order valence-electron chi connectivity index (χ3n) is 2.67. The normalized spacial score (nSPS) is 11.5. The molecule has 5 heteroatoms. The van der Waals surface area contributed by atoms with Crippen LogP contribution in [0.15, 0.2) is 6.07 Å². The number of aliphatic hydroxyl groups excluding tert-OH is 1. The van der Waals surface area contributed by atoms with Crippen LogP contribution in [0.2, 0.25) is 0 Å². The van der Waals surface area contributed by atoms with Gasteiger partial charge in [0, 0.05) is 32.8 Å². The fourth-order valence-corrected chi connectivity index (χ4v) is 1.62. The lowest BCUT2D eigenvalue weighted by Gasteiger charge is -2.21. The van der Waals surface area contributed by atoms with E-state index in [0.29, 0.717) is 0 Å². The largest absolute Gasteiger partial charge is 0.396 e. The molecule has 0 bridgehead atoms. The zero-order valence-corrected chi connectivity index (χ0v) is 12.7. The van der Waals surface area contributed by atoms with Crippen LogP contribution in [0.25, 0.3) is 0 Å². The Bertz CT molecular complexity index is 401. The number of rotatable bonds is 6. The van der Waals surface area contributed by atoms with Gasteiger partial charge >= 0.3 is 0 Å². The molecule has 1 rings (SSSR count). The van der Waals surface area contributed by atoms with Gasteiger partial charge in [-0.15, -0.1) is 0 Å². The van der Waals surface area contributed by atoms with Crippen LogP contribution in [0.4, 0.5) is 11.6 Å². The molecule has 0 aliphatic rings. The Hall–Kier alpha value is -1.36. The Kier molecular flexibility index (Phi) is 5.54. The second kappa shape index (κ2) is 6.70. The lowest BCUT2D eigenvalue weighted by Crippen LogP contribution is -2.23. The molecule has 0 fully saturated rings. The van der Waals surface area contributed by atoms with Gasteiger partial charge in [0.25, 0.3) is 0 Å². The number of nitrogens with one attached hydrogen (secondary N) is 1. The van der Waals surface area contributed by atoms with Crippen molar-refractivity contribution in [1.29, 1.82) is 0 Å². The van der Waals surface area contributed by atoms with Crippen molar-refractivity contribution in [2.75, 3.05) is 37.0 Å². The van der Waals surface area contributed by atoms with Gasteiger partial charge in [0.05, 0.1) is 0 Å². The minimum Gasteiger partial charge on any atom is -0.396 e. The van der Waals surface area contributed by atoms with Gasteiger partial charge in [-0.2, -0.15) is 0 Å². The number of aromatic nitrogens is 2. The molecule has 2 N–H and O–H groups in total. The summed E-state index contributed by atoms with van der Waals surface area (Å²) in [5.74, 6) is 2.50. The van der Waals surface area contributed by atoms with E-state index in [1.54, 1.807) is 0 Å². The van der Waals surface area contributed by atoms with Crippen molar-refractivity contribution in [2.45, 2.75) is 34.1 Å². The molecule has 0 saturated carbocycles. The van der Waals surface area contributed by atoms with Gasteiger partial charge < -0.3 is 15.3 Å². The number of aliphatic hydroxyl groups is 1. The molecule has 0 aromatic carbocycles. The van der Waals surface area contributed by atoms with E-state index in [4.69, 9.17) is 5.11 Å². The fraction of sp³-hybridized carbons (Fsp3) is 0.714. The average molecular weight is 266 g/mol. The van der Waals surface area contributed by atoms with E-state index < -0.39 is 0 Å². The SMILES string of the molecule is Cc1nc(NCC(C)(C)C)cc(N(C)CCCO)n1. The van der Waals surface area contributed by atoms with Crippen LogP contribution in [-0.2, 0) is 0 Å². The zero-order chi connectivity index (χ0) is 14.5. The minimum atomic E-state index is 0.198. The average Bonchev–Trinajstić information content (AvgIpc) is 2.32. The minimum absolute atomic E-state index is 0.198. The maximum absolute atomic E-state index is 8.87. The van der Waals surface area contributed by atoms with Crippen molar-refractivity contribution < 1.29 is 5.11 Å². The highest BCUT2D eigenvalue weighted by atomic mass is 16.3. The van der Waals surface area contributed by atoms with E-state index in [0.717, 1.165) is 37.0 Å². The van der Waals surface area contributed by atoms with Gasteiger partial charge in [-0.05, 0) is 18.8 Å². The Balaban J connectivity index is 2.76. The van der Waals surface area contributed by atoms with E-state index in [9.17, 15) is 0 Å². The van der Waals surface area contributed by atoms with E-state index in [-0.39, 0.29) is 12.0 Å². The summed E-state index contributed by atoms with van der Waals surface area (Å²) < 4.78 is 0. The standard InChI is InChI=1S/C14H26N4O/c1-11-16-12(15-10-14(2,3)4)9-13(17-11)18(5)7-6-8-19/h9,19H,6-8,10H2,1-5H3,(H,15,16,17). The highest BCUT2D eigenvalue weighted by molar-refractivity contribution is 5.49. The number of hydrogen-bond acceptors (Lipinski definition) is 5. The first-order valence-electron chi connectivity index (χ1n) is 6.73. The number of aryl methyl sites for hydroxylation is 1. The van der Waals surface area contributed by atoms with E-state index >= 15 is 0 Å². The molecule has 0 amide bonds. The summed E-state index contributed by atoms with van der Waals surface area (Å²) in [4.78, 5) is 10.9. The molecule has 0 atom stereocenters. The van der Waals surface area contributed by atoms with Gasteiger partial charge in [-0.3, -0.25) is 0 Å². The van der Waals surface area contributed by atoms with Crippen molar-refractivity contribution in [3.05, 3.63) is 11.9 Å². The Morgan fingerprint density at radius 1 is 1.32 bits per heavy atom. The quantitative estimate of drug-likeness (QED) is 0.825. The fourth-order valence-electron chi connectivity index (χ4n) is 1.62. The third-order valence-corrected chi connectivity index (χ3v) is 2.67. The molecule has 1 aromatic rings. The molecule has 0 spiro atoms. The Morgan fingerprint density at radius 3 is 2.58 bits per heavy atom. The summed E-state index contributed by atoms with van der Waals surface area (Å²) in [7, 11) is 1.98. The van der Waals surface area contributed by atoms with Crippen LogP contribution in [0, 0.1) is 12.3 Å². The Morgan fingerprint density at radius 2 is 2.00 bits per heavy atom. The van der Waals surface area contributed by atoms with Gasteiger partial charge in [0.1, 0.15) is 17.5 Å². The van der Waals surface area contributed by atoms with Crippen molar-refractivity contribution in [2.24, 2.45) is 5.41 Å². The molecule has 0 unspecified atom stereocenters. The summed E-state index contributed by atoms with van der Waals surface area (Å²) in [6.45, 7) is 10.3. The molecule has 19 heavy (non-hydrogen) atoms. The van der Waals surface area contributed by atoms with Crippen molar-refractivity contribution >= 4 is 11.6 Å². The summed E-state index contributed by atoms with van der Waals surface area (Å²) in [6, 6.07) is 1.95. The number of hydrogen-bond donors (Lipinski definition) is 2. The molecule has 0 aliphatic heterocycles. The summed E-state index contributed by atoms with van der Waals surface area (Å²) in [5.41, 5.74) is 0.210. The van der Waals surface area contributed by atoms with Crippen molar-refractivity contribution in [3.63, 3.8) is 0 Å². The van der Waals surface area contributed by atoms with Crippen LogP contribution in [0.1, 0.15) is 33.0 Å². The second-order valence-electron chi connectivity index (χ2n) is 6.07. The predicted octanol–water partition coefficient (Wildman–Crippen LogP) is 2.06. The molecule has 1 heterocycles. The van der Waals surface area contributed by atoms with E-state index in [1.807, 2.05) is 24.9 Å². The predicted molar refractivity (Wildman–Crippen MR) is 79.7 cm³/mol. The number of anilines is 2. The van der Waals surface area contributed by atoms with Crippen molar-refractivity contribution in [3.8, 4) is 0 Å². The monoisotopic (exact) mass is 266 g/mol. The Labute approximate surface area is 116 Å². The molecule has 108 valence electrons. The zero-order valence-electron chi connectivity index (χ0n) is 12.7. The molecular formula is C14H26N4O. The van der Waals surface area contributed by atoms with Crippen LogP contribution in [0.5, 0.6) is 0 Å². The topological polar surface area (TPSA) is 61.3 Å². The summed E-state index contributed by atoms with van der Waals surface area (Å²) >= 11 is 0. The van der Waals surface area contributed by atoms with E-state index in [2.05, 4.69) is 36.1 Å². The first kappa shape index (κ1) is 15.7. The molecule has 0 saturated heterocycles. The number of nitrogens with zero attached hydrogens (tertiary/aromatic N) is 3. The van der Waals surface area contributed by atoms with Crippen LogP contribution < -0.4 is 10.2 Å². The maximum atomic E-state index is 8.87. The van der Waals surface area contributed by atoms with Gasteiger partial charge in [0.2, 0.25) is 0 Å². The van der Waals surface area contributed by atoms with Crippen molar-refractivity contribution in [1.82, 2.24) is 9.97 Å². The van der Waals surface area contributed by atoms with E-state index in [1.165, 1.54) is 0 Å². The first-order valence-corrected chi connectivity index (χ1v) is 6.73. The first-order chi connectivity index (χ1) is 8.81. The highest BCUT2D eigenvalue weighted by Crippen LogP contribution is 2.18. The highest BCUT2D eigenvalue weighted by Gasteiger charge is 2.11. The molecule has 0 aliphatic carbocycles. The van der Waals surface area contributed by atoms with Crippen LogP contribution in [0.3, 0.4) is 0 Å². The molecule has 1 aromatic heterocycles. The summed E-state index contributed by atoms with van der Waals surface area (Å²) in [5, 5.41) is 12.2. The lowest BCUT2D eigenvalue weighted by atomic mass is 9.97. The van der Waals surface area contributed by atoms with Gasteiger partial charge in [0.15, 0.2) is 0 Å². The summed E-state index contributed by atoms with van der Waals surface area (Å²) in [6.07, 6.45) is 0.740. The lowest BCUT2D eigenvalue weighted by molar-refractivity contribution is 0.290. The second-order valence-corrected chi connectivity index (χ2v) is 6.07. The molecule has 0 radical (unpaired) electrons. The van der Waals surface area contributed by atoms with Crippen LogP contribution in [-0.4, -0.2) is 41.8 Å². The maximum Gasteiger partial charge on any atom is 0.134 e. The van der Waals surface area contributed by atoms with Crippen LogP contribution >= 0.6 is 0 Å². The van der Waals surface area contributed by atoms with Gasteiger partial charge in [-0.25, -0.2) is 9.97 Å². The molecule has 5 nitrogen and oxygen atoms in total. The molecular weight excluding hydrogens is 240 g/mol.